The number of nitriles is 1. The molecule has 2 aromatic carbocycles. The number of ether oxygens (including phenoxy) is 1. The zero-order valence-corrected chi connectivity index (χ0v) is 20.0. The normalized spacial score (nSPS) is 15.4. The first-order valence-electron chi connectivity index (χ1n) is 12.1. The van der Waals surface area contributed by atoms with E-state index in [1.165, 1.54) is 5.56 Å². The van der Waals surface area contributed by atoms with Gasteiger partial charge in [-0.1, -0.05) is 30.3 Å². The number of hydrogen-bond donors (Lipinski definition) is 1. The zero-order valence-electron chi connectivity index (χ0n) is 20.0. The molecule has 1 N–H and O–H groups in total. The van der Waals surface area contributed by atoms with E-state index in [0.717, 1.165) is 85.1 Å². The Morgan fingerprint density at radius 2 is 1.74 bits per heavy atom. The van der Waals surface area contributed by atoms with Crippen LogP contribution in [0.2, 0.25) is 0 Å². The Labute approximate surface area is 206 Å². The molecule has 1 aromatic heterocycles. The number of carbonyl (C=O) groups is 1. The maximum absolute atomic E-state index is 12.6. The summed E-state index contributed by atoms with van der Waals surface area (Å²) < 4.78 is 5.16. The Morgan fingerprint density at radius 3 is 2.43 bits per heavy atom. The van der Waals surface area contributed by atoms with Crippen molar-refractivity contribution in [1.82, 2.24) is 9.88 Å². The predicted molar refractivity (Wildman–Crippen MR) is 137 cm³/mol. The second-order valence-corrected chi connectivity index (χ2v) is 8.99. The Bertz CT molecular complexity index is 1240. The smallest absolute Gasteiger partial charge is 0.238 e. The van der Waals surface area contributed by atoms with E-state index in [1.54, 1.807) is 7.11 Å². The van der Waals surface area contributed by atoms with E-state index >= 15 is 0 Å². The van der Waals surface area contributed by atoms with E-state index in [1.807, 2.05) is 42.5 Å². The second kappa shape index (κ2) is 10.2. The number of nitrogens with zero attached hydrogens (tertiary/aromatic N) is 4. The van der Waals surface area contributed by atoms with Crippen LogP contribution in [0, 0.1) is 11.3 Å². The molecule has 1 aliphatic heterocycles. The monoisotopic (exact) mass is 467 g/mol. The third kappa shape index (κ3) is 4.84. The number of fused-ring (bicyclic) bond motifs is 1. The number of rotatable bonds is 6. The predicted octanol–water partition coefficient (Wildman–Crippen LogP) is 3.88. The molecule has 2 heterocycles. The minimum absolute atomic E-state index is 0.0386. The molecule has 2 aliphatic rings. The van der Waals surface area contributed by atoms with Crippen molar-refractivity contribution < 1.29 is 9.53 Å². The summed E-state index contributed by atoms with van der Waals surface area (Å²) in [6.07, 6.45) is 2.96. The van der Waals surface area contributed by atoms with Gasteiger partial charge >= 0.3 is 0 Å². The van der Waals surface area contributed by atoms with Crippen LogP contribution in [-0.2, 0) is 17.6 Å². The Hall–Kier alpha value is -3.89. The average molecular weight is 468 g/mol. The number of hydrogen-bond acceptors (Lipinski definition) is 6. The van der Waals surface area contributed by atoms with Gasteiger partial charge in [-0.3, -0.25) is 9.69 Å². The first-order chi connectivity index (χ1) is 17.2. The number of benzene rings is 2. The summed E-state index contributed by atoms with van der Waals surface area (Å²) in [6.45, 7) is 3.26. The number of amides is 1. The van der Waals surface area contributed by atoms with Gasteiger partial charge in [0.15, 0.2) is 0 Å². The first kappa shape index (κ1) is 22.9. The standard InChI is InChI=1S/C28H29N5O2/c1-35-22-12-10-21(11-13-22)30-26(34)19-32-14-16-33(17-15-32)28-25(18-29)23-8-5-9-24(23)27(31-28)20-6-3-2-4-7-20/h2-4,6-7,10-13H,5,8-9,14-17,19H2,1H3,(H,30,34). The fourth-order valence-corrected chi connectivity index (χ4v) is 5.02. The summed E-state index contributed by atoms with van der Waals surface area (Å²) in [5, 5.41) is 13.0. The molecular formula is C28H29N5O2. The number of anilines is 2. The van der Waals surface area contributed by atoms with Crippen LogP contribution in [-0.4, -0.2) is 55.6 Å². The van der Waals surface area contributed by atoms with Crippen LogP contribution in [0.25, 0.3) is 11.3 Å². The van der Waals surface area contributed by atoms with Crippen molar-refractivity contribution in [1.29, 1.82) is 5.26 Å². The summed E-state index contributed by atoms with van der Waals surface area (Å²) in [7, 11) is 1.62. The van der Waals surface area contributed by atoms with E-state index in [2.05, 4.69) is 33.3 Å². The molecule has 0 bridgehead atoms. The summed E-state index contributed by atoms with van der Waals surface area (Å²) in [6, 6.07) is 20.1. The van der Waals surface area contributed by atoms with Crippen LogP contribution in [0.1, 0.15) is 23.1 Å². The fraction of sp³-hybridized carbons (Fsp3) is 0.321. The van der Waals surface area contributed by atoms with Gasteiger partial charge in [0.1, 0.15) is 17.6 Å². The lowest BCUT2D eigenvalue weighted by Crippen LogP contribution is -2.49. The molecule has 1 aliphatic carbocycles. The lowest BCUT2D eigenvalue weighted by atomic mass is 9.98. The number of nitrogens with one attached hydrogen (secondary N) is 1. The van der Waals surface area contributed by atoms with Crippen molar-refractivity contribution in [2.45, 2.75) is 19.3 Å². The number of piperazine rings is 1. The largest absolute Gasteiger partial charge is 0.497 e. The number of pyridine rings is 1. The molecule has 7 heteroatoms. The first-order valence-corrected chi connectivity index (χ1v) is 12.1. The van der Waals surface area contributed by atoms with Crippen molar-refractivity contribution in [2.75, 3.05) is 50.1 Å². The van der Waals surface area contributed by atoms with Crippen molar-refractivity contribution in [3.63, 3.8) is 0 Å². The molecule has 1 saturated heterocycles. The van der Waals surface area contributed by atoms with Crippen LogP contribution in [0.5, 0.6) is 5.75 Å². The highest BCUT2D eigenvalue weighted by Crippen LogP contribution is 2.37. The zero-order chi connectivity index (χ0) is 24.2. The van der Waals surface area contributed by atoms with Crippen LogP contribution >= 0.6 is 0 Å². The fourth-order valence-electron chi connectivity index (χ4n) is 5.02. The third-order valence-corrected chi connectivity index (χ3v) is 6.82. The lowest BCUT2D eigenvalue weighted by molar-refractivity contribution is -0.117. The van der Waals surface area contributed by atoms with Gasteiger partial charge in [-0.05, 0) is 54.7 Å². The molecule has 1 fully saturated rings. The Balaban J connectivity index is 1.28. The molecule has 0 saturated carbocycles. The van der Waals surface area contributed by atoms with E-state index < -0.39 is 0 Å². The molecule has 0 spiro atoms. The molecular weight excluding hydrogens is 438 g/mol. The molecule has 35 heavy (non-hydrogen) atoms. The number of methoxy groups -OCH3 is 1. The van der Waals surface area contributed by atoms with Gasteiger partial charge in [-0.15, -0.1) is 0 Å². The third-order valence-electron chi connectivity index (χ3n) is 6.82. The highest BCUT2D eigenvalue weighted by atomic mass is 16.5. The van der Waals surface area contributed by atoms with Crippen molar-refractivity contribution in [3.05, 3.63) is 71.3 Å². The van der Waals surface area contributed by atoms with Crippen LogP contribution in [0.3, 0.4) is 0 Å². The lowest BCUT2D eigenvalue weighted by Gasteiger charge is -2.36. The molecule has 7 nitrogen and oxygen atoms in total. The van der Waals surface area contributed by atoms with Gasteiger partial charge in [0.2, 0.25) is 5.91 Å². The van der Waals surface area contributed by atoms with E-state index in [4.69, 9.17) is 9.72 Å². The highest BCUT2D eigenvalue weighted by Gasteiger charge is 2.28. The summed E-state index contributed by atoms with van der Waals surface area (Å²) in [5.41, 5.74) is 5.98. The van der Waals surface area contributed by atoms with Gasteiger partial charge in [-0.25, -0.2) is 4.98 Å². The molecule has 5 rings (SSSR count). The van der Waals surface area contributed by atoms with Gasteiger partial charge in [0.05, 0.1) is 24.9 Å². The summed E-state index contributed by atoms with van der Waals surface area (Å²) in [4.78, 5) is 22.0. The second-order valence-electron chi connectivity index (χ2n) is 8.99. The van der Waals surface area contributed by atoms with Crippen LogP contribution < -0.4 is 15.0 Å². The van der Waals surface area contributed by atoms with Crippen LogP contribution in [0.15, 0.2) is 54.6 Å². The van der Waals surface area contributed by atoms with Gasteiger partial charge < -0.3 is 15.0 Å². The van der Waals surface area contributed by atoms with Gasteiger partial charge in [0, 0.05) is 37.4 Å². The van der Waals surface area contributed by atoms with Gasteiger partial charge in [-0.2, -0.15) is 5.26 Å². The quantitative estimate of drug-likeness (QED) is 0.593. The van der Waals surface area contributed by atoms with Crippen molar-refractivity contribution in [2.24, 2.45) is 0 Å². The van der Waals surface area contributed by atoms with Crippen molar-refractivity contribution in [3.8, 4) is 23.1 Å². The van der Waals surface area contributed by atoms with E-state index in [9.17, 15) is 10.1 Å². The summed E-state index contributed by atoms with van der Waals surface area (Å²) in [5.74, 6) is 1.50. The molecule has 1 amide bonds. The van der Waals surface area contributed by atoms with Gasteiger partial charge in [0.25, 0.3) is 0 Å². The van der Waals surface area contributed by atoms with Crippen LogP contribution in [0.4, 0.5) is 11.5 Å². The number of carbonyl (C=O) groups excluding carboxylic acids is 1. The maximum Gasteiger partial charge on any atom is 0.238 e. The van der Waals surface area contributed by atoms with E-state index in [-0.39, 0.29) is 5.91 Å². The number of aromatic nitrogens is 1. The molecule has 0 atom stereocenters. The molecule has 178 valence electrons. The highest BCUT2D eigenvalue weighted by molar-refractivity contribution is 5.92. The van der Waals surface area contributed by atoms with E-state index in [0.29, 0.717) is 6.54 Å². The SMILES string of the molecule is COc1ccc(NC(=O)CN2CCN(c3nc(-c4ccccc4)c4c(c3C#N)CCC4)CC2)cc1. The summed E-state index contributed by atoms with van der Waals surface area (Å²) >= 11 is 0. The minimum atomic E-state index is -0.0386. The Morgan fingerprint density at radius 1 is 1.03 bits per heavy atom. The average Bonchev–Trinajstić information content (AvgIpc) is 3.39. The topological polar surface area (TPSA) is 81.5 Å². The minimum Gasteiger partial charge on any atom is -0.497 e. The molecule has 3 aromatic rings. The maximum atomic E-state index is 12.6. The van der Waals surface area contributed by atoms with Crippen molar-refractivity contribution >= 4 is 17.4 Å². The Kier molecular flexibility index (Phi) is 6.64. The molecule has 0 unspecified atom stereocenters. The molecule has 0 radical (unpaired) electrons.